The van der Waals surface area contributed by atoms with Crippen molar-refractivity contribution in [1.82, 2.24) is 14.8 Å². The molecule has 6 nitrogen and oxygen atoms in total. The molecule has 18 heavy (non-hydrogen) atoms. The second kappa shape index (κ2) is 4.69. The Morgan fingerprint density at radius 2 is 2.22 bits per heavy atom. The number of H-pyrrole nitrogens is 1. The highest BCUT2D eigenvalue weighted by Gasteiger charge is 2.13. The predicted molar refractivity (Wildman–Crippen MR) is 69.9 cm³/mol. The minimum absolute atomic E-state index is 0.0570. The third kappa shape index (κ3) is 2.17. The maximum absolute atomic E-state index is 10.8. The zero-order chi connectivity index (χ0) is 13.3. The smallest absolute Gasteiger partial charge is 0.270 e. The zero-order valence-corrected chi connectivity index (χ0v) is 10.8. The van der Waals surface area contributed by atoms with Crippen LogP contribution in [0.5, 0.6) is 0 Å². The lowest BCUT2D eigenvalue weighted by atomic mass is 10.1. The number of non-ortho nitro benzene ring substituents is 1. The molecule has 0 unspecified atom stereocenters. The molecule has 0 saturated carbocycles. The van der Waals surface area contributed by atoms with E-state index in [2.05, 4.69) is 10.2 Å². The fourth-order valence-electron chi connectivity index (χ4n) is 1.83. The van der Waals surface area contributed by atoms with Gasteiger partial charge < -0.3 is 4.57 Å². The lowest BCUT2D eigenvalue weighted by molar-refractivity contribution is -0.384. The largest absolute Gasteiger partial charge is 0.300 e. The molecule has 0 aliphatic carbocycles. The summed E-state index contributed by atoms with van der Waals surface area (Å²) < 4.78 is 2.31. The first-order valence-electron chi connectivity index (χ1n) is 5.44. The van der Waals surface area contributed by atoms with Gasteiger partial charge in [0.1, 0.15) is 0 Å². The van der Waals surface area contributed by atoms with Crippen molar-refractivity contribution in [2.24, 2.45) is 0 Å². The van der Waals surface area contributed by atoms with Crippen molar-refractivity contribution in [1.29, 1.82) is 0 Å². The summed E-state index contributed by atoms with van der Waals surface area (Å²) in [5.74, 6) is 0.620. The Bertz CT molecular complexity index is 659. The Morgan fingerprint density at radius 3 is 2.83 bits per heavy atom. The molecule has 7 heteroatoms. The van der Waals surface area contributed by atoms with Crippen LogP contribution in [0.4, 0.5) is 5.69 Å². The molecule has 1 aromatic heterocycles. The Kier molecular flexibility index (Phi) is 3.24. The minimum atomic E-state index is -0.409. The number of nitrogens with one attached hydrogen (secondary N) is 1. The predicted octanol–water partition coefficient (Wildman–Crippen LogP) is 2.84. The van der Waals surface area contributed by atoms with E-state index in [9.17, 15) is 10.1 Å². The summed E-state index contributed by atoms with van der Waals surface area (Å²) in [7, 11) is 0. The quantitative estimate of drug-likeness (QED) is 0.525. The van der Waals surface area contributed by atoms with E-state index in [0.717, 1.165) is 5.56 Å². The lowest BCUT2D eigenvalue weighted by Crippen LogP contribution is -1.98. The van der Waals surface area contributed by atoms with Crippen LogP contribution in [-0.2, 0) is 6.54 Å². The van der Waals surface area contributed by atoms with Gasteiger partial charge in [0.05, 0.1) is 4.92 Å². The van der Waals surface area contributed by atoms with Crippen LogP contribution in [0, 0.1) is 21.8 Å². The third-order valence-corrected chi connectivity index (χ3v) is 2.92. The number of nitrogens with zero attached hydrogens (tertiary/aromatic N) is 3. The summed E-state index contributed by atoms with van der Waals surface area (Å²) in [5, 5.41) is 17.7. The molecule has 1 heterocycles. The van der Waals surface area contributed by atoms with E-state index >= 15 is 0 Å². The molecule has 1 N–H and O–H groups in total. The van der Waals surface area contributed by atoms with Crippen LogP contribution in [0.2, 0.25) is 0 Å². The average Bonchev–Trinajstić information content (AvgIpc) is 2.69. The molecule has 0 radical (unpaired) electrons. The number of rotatable bonds is 3. The second-order valence-corrected chi connectivity index (χ2v) is 4.30. The third-order valence-electron chi connectivity index (χ3n) is 2.61. The van der Waals surface area contributed by atoms with Gasteiger partial charge in [-0.3, -0.25) is 15.2 Å². The number of benzene rings is 1. The first kappa shape index (κ1) is 12.4. The summed E-state index contributed by atoms with van der Waals surface area (Å²) in [6, 6.07) is 4.88. The number of hydrogen-bond donors (Lipinski definition) is 1. The molecule has 94 valence electrons. The number of aromatic amines is 1. The number of aryl methyl sites for hydroxylation is 1. The van der Waals surface area contributed by atoms with Crippen LogP contribution in [0.25, 0.3) is 11.4 Å². The summed E-state index contributed by atoms with van der Waals surface area (Å²) in [6.07, 6.45) is 0. The molecule has 0 fully saturated rings. The van der Waals surface area contributed by atoms with E-state index in [1.54, 1.807) is 4.57 Å². The van der Waals surface area contributed by atoms with E-state index in [4.69, 9.17) is 12.2 Å². The highest BCUT2D eigenvalue weighted by atomic mass is 32.1. The van der Waals surface area contributed by atoms with Gasteiger partial charge in [0.2, 0.25) is 0 Å². The molecule has 1 aromatic carbocycles. The molecule has 0 bridgehead atoms. The van der Waals surface area contributed by atoms with Crippen LogP contribution in [0.3, 0.4) is 0 Å². The van der Waals surface area contributed by atoms with Gasteiger partial charge in [0.15, 0.2) is 10.6 Å². The van der Waals surface area contributed by atoms with Gasteiger partial charge in [-0.05, 0) is 37.7 Å². The summed E-state index contributed by atoms with van der Waals surface area (Å²) in [4.78, 5) is 10.4. The van der Waals surface area contributed by atoms with E-state index in [1.807, 2.05) is 19.9 Å². The first-order chi connectivity index (χ1) is 8.52. The maximum Gasteiger partial charge on any atom is 0.270 e. The van der Waals surface area contributed by atoms with Crippen molar-refractivity contribution in [3.63, 3.8) is 0 Å². The second-order valence-electron chi connectivity index (χ2n) is 3.91. The summed E-state index contributed by atoms with van der Waals surface area (Å²) >= 11 is 5.10. The molecular weight excluding hydrogens is 252 g/mol. The molecule has 2 aromatic rings. The fourth-order valence-corrected chi connectivity index (χ4v) is 2.09. The number of aromatic nitrogens is 3. The molecule has 0 atom stereocenters. The van der Waals surface area contributed by atoms with Crippen LogP contribution < -0.4 is 0 Å². The Morgan fingerprint density at radius 1 is 1.50 bits per heavy atom. The van der Waals surface area contributed by atoms with Crippen molar-refractivity contribution >= 4 is 17.9 Å². The van der Waals surface area contributed by atoms with Gasteiger partial charge in [-0.15, -0.1) is 0 Å². The van der Waals surface area contributed by atoms with Crippen molar-refractivity contribution < 1.29 is 4.92 Å². The highest BCUT2D eigenvalue weighted by molar-refractivity contribution is 7.71. The van der Waals surface area contributed by atoms with E-state index in [0.29, 0.717) is 22.7 Å². The van der Waals surface area contributed by atoms with Crippen LogP contribution in [0.1, 0.15) is 12.5 Å². The van der Waals surface area contributed by atoms with Crippen molar-refractivity contribution in [3.05, 3.63) is 38.6 Å². The molecule has 2 rings (SSSR count). The van der Waals surface area contributed by atoms with Gasteiger partial charge in [-0.1, -0.05) is 0 Å². The summed E-state index contributed by atoms with van der Waals surface area (Å²) in [5.41, 5.74) is 1.56. The van der Waals surface area contributed by atoms with Gasteiger partial charge in [0, 0.05) is 24.2 Å². The SMILES string of the molecule is CCn1c(-c2cc(C)cc([N+](=O)[O-])c2)n[nH]c1=S. The van der Waals surface area contributed by atoms with Crippen molar-refractivity contribution in [2.75, 3.05) is 0 Å². The lowest BCUT2D eigenvalue weighted by Gasteiger charge is -2.04. The zero-order valence-electron chi connectivity index (χ0n) is 10.0. The standard InChI is InChI=1S/C11H12N4O2S/c1-3-14-10(12-13-11(14)18)8-4-7(2)5-9(6-8)15(16)17/h4-6H,3H2,1-2H3,(H,13,18). The van der Waals surface area contributed by atoms with Crippen molar-refractivity contribution in [2.45, 2.75) is 20.4 Å². The summed E-state index contributed by atoms with van der Waals surface area (Å²) in [6.45, 7) is 4.42. The van der Waals surface area contributed by atoms with Crippen LogP contribution in [0.15, 0.2) is 18.2 Å². The average molecular weight is 264 g/mol. The topological polar surface area (TPSA) is 76.8 Å². The van der Waals surface area contributed by atoms with Crippen molar-refractivity contribution in [3.8, 4) is 11.4 Å². The first-order valence-corrected chi connectivity index (χ1v) is 5.85. The Labute approximate surface area is 108 Å². The normalized spacial score (nSPS) is 10.6. The molecule has 0 aliphatic rings. The Balaban J connectivity index is 2.63. The number of hydrogen-bond acceptors (Lipinski definition) is 4. The van der Waals surface area contributed by atoms with Gasteiger partial charge in [-0.2, -0.15) is 5.10 Å². The van der Waals surface area contributed by atoms with Crippen LogP contribution in [-0.4, -0.2) is 19.7 Å². The van der Waals surface area contributed by atoms with E-state index in [1.165, 1.54) is 12.1 Å². The molecule has 0 spiro atoms. The number of nitro benzene ring substituents is 1. The monoisotopic (exact) mass is 264 g/mol. The van der Waals surface area contributed by atoms with E-state index in [-0.39, 0.29) is 5.69 Å². The maximum atomic E-state index is 10.8. The highest BCUT2D eigenvalue weighted by Crippen LogP contribution is 2.24. The Hall–Kier alpha value is -2.02. The van der Waals surface area contributed by atoms with Crippen LogP contribution >= 0.6 is 12.2 Å². The molecular formula is C11H12N4O2S. The molecule has 0 saturated heterocycles. The number of nitro groups is 1. The van der Waals surface area contributed by atoms with Gasteiger partial charge in [0.25, 0.3) is 5.69 Å². The van der Waals surface area contributed by atoms with Gasteiger partial charge in [-0.25, -0.2) is 0 Å². The minimum Gasteiger partial charge on any atom is -0.300 e. The fraction of sp³-hybridized carbons (Fsp3) is 0.273. The molecule has 0 amide bonds. The van der Waals surface area contributed by atoms with Gasteiger partial charge >= 0.3 is 0 Å². The molecule has 0 aliphatic heterocycles. The van der Waals surface area contributed by atoms with E-state index < -0.39 is 4.92 Å².